The number of rotatable bonds is 3. The summed E-state index contributed by atoms with van der Waals surface area (Å²) in [5.41, 5.74) is 1.71. The van der Waals surface area contributed by atoms with Crippen LogP contribution in [-0.2, 0) is 11.2 Å². The number of hydrogen-bond acceptors (Lipinski definition) is 3. The summed E-state index contributed by atoms with van der Waals surface area (Å²) < 4.78 is 5.33. The van der Waals surface area contributed by atoms with Crippen LogP contribution in [0.1, 0.15) is 35.9 Å². The summed E-state index contributed by atoms with van der Waals surface area (Å²) in [6.45, 7) is 2.64. The molecule has 21 heavy (non-hydrogen) atoms. The molecule has 1 aliphatic heterocycles. The SMILES string of the molecule is Cc1cc([C@@H]2CCCN2C(=O)Cc2ccccc2Cl)on1. The van der Waals surface area contributed by atoms with Crippen LogP contribution in [0.5, 0.6) is 0 Å². The molecule has 0 radical (unpaired) electrons. The van der Waals surface area contributed by atoms with E-state index >= 15 is 0 Å². The molecule has 0 bridgehead atoms. The van der Waals surface area contributed by atoms with Crippen LogP contribution in [0.4, 0.5) is 0 Å². The lowest BCUT2D eigenvalue weighted by atomic mass is 10.1. The normalized spacial score (nSPS) is 18.2. The van der Waals surface area contributed by atoms with Gasteiger partial charge >= 0.3 is 0 Å². The molecule has 0 unspecified atom stereocenters. The standard InChI is InChI=1S/C16H17ClN2O2/c1-11-9-15(21-18-11)14-7-4-8-19(14)16(20)10-12-5-2-3-6-13(12)17/h2-3,5-6,9,14H,4,7-8,10H2,1H3/t14-/m0/s1. The first-order valence-corrected chi connectivity index (χ1v) is 7.49. The van der Waals surface area contributed by atoms with E-state index in [4.69, 9.17) is 16.1 Å². The first-order chi connectivity index (χ1) is 10.1. The maximum Gasteiger partial charge on any atom is 0.227 e. The number of halogens is 1. The third-order valence-electron chi connectivity index (χ3n) is 3.85. The molecule has 1 atom stereocenters. The largest absolute Gasteiger partial charge is 0.359 e. The van der Waals surface area contributed by atoms with Crippen LogP contribution in [-0.4, -0.2) is 22.5 Å². The number of aryl methyl sites for hydroxylation is 1. The van der Waals surface area contributed by atoms with Gasteiger partial charge in [0.05, 0.1) is 18.2 Å². The molecule has 5 heteroatoms. The van der Waals surface area contributed by atoms with Gasteiger partial charge in [0, 0.05) is 17.6 Å². The minimum absolute atomic E-state index is 0.00110. The molecule has 2 aromatic rings. The van der Waals surface area contributed by atoms with Crippen LogP contribution in [0.3, 0.4) is 0 Å². The monoisotopic (exact) mass is 304 g/mol. The molecule has 1 amide bonds. The summed E-state index contributed by atoms with van der Waals surface area (Å²) in [5, 5.41) is 4.56. The van der Waals surface area contributed by atoms with E-state index in [1.54, 1.807) is 0 Å². The van der Waals surface area contributed by atoms with E-state index in [9.17, 15) is 4.79 Å². The average Bonchev–Trinajstić information content (AvgIpc) is 3.09. The van der Waals surface area contributed by atoms with Crippen molar-refractivity contribution in [2.24, 2.45) is 0 Å². The molecule has 1 aliphatic rings. The molecule has 2 heterocycles. The van der Waals surface area contributed by atoms with Crippen molar-refractivity contribution in [1.29, 1.82) is 0 Å². The topological polar surface area (TPSA) is 46.3 Å². The fourth-order valence-electron chi connectivity index (χ4n) is 2.81. The number of likely N-dealkylation sites (tertiary alicyclic amines) is 1. The Kier molecular flexibility index (Phi) is 3.97. The fourth-order valence-corrected chi connectivity index (χ4v) is 3.01. The van der Waals surface area contributed by atoms with Crippen molar-refractivity contribution < 1.29 is 9.32 Å². The second-order valence-electron chi connectivity index (χ2n) is 5.38. The minimum Gasteiger partial charge on any atom is -0.359 e. The van der Waals surface area contributed by atoms with Crippen molar-refractivity contribution in [1.82, 2.24) is 10.1 Å². The summed E-state index contributed by atoms with van der Waals surface area (Å²) in [5.74, 6) is 0.858. The highest BCUT2D eigenvalue weighted by atomic mass is 35.5. The van der Waals surface area contributed by atoms with Gasteiger partial charge in [-0.05, 0) is 31.4 Å². The van der Waals surface area contributed by atoms with Crippen LogP contribution in [0.15, 0.2) is 34.9 Å². The minimum atomic E-state index is 0.00110. The Morgan fingerprint density at radius 2 is 2.29 bits per heavy atom. The second-order valence-corrected chi connectivity index (χ2v) is 5.79. The van der Waals surface area contributed by atoms with Crippen LogP contribution < -0.4 is 0 Å². The Hall–Kier alpha value is -1.81. The van der Waals surface area contributed by atoms with Gasteiger partial charge in [-0.1, -0.05) is 35.0 Å². The number of aromatic nitrogens is 1. The second kappa shape index (κ2) is 5.90. The lowest BCUT2D eigenvalue weighted by Gasteiger charge is -2.23. The summed E-state index contributed by atoms with van der Waals surface area (Å²) >= 11 is 6.13. The lowest BCUT2D eigenvalue weighted by molar-refractivity contribution is -0.131. The Morgan fingerprint density at radius 3 is 3.00 bits per heavy atom. The van der Waals surface area contributed by atoms with E-state index < -0.39 is 0 Å². The quantitative estimate of drug-likeness (QED) is 0.871. The molecular formula is C16H17ClN2O2. The molecule has 0 spiro atoms. The maximum absolute atomic E-state index is 12.6. The van der Waals surface area contributed by atoms with Gasteiger partial charge < -0.3 is 9.42 Å². The van der Waals surface area contributed by atoms with Crippen LogP contribution in [0.25, 0.3) is 0 Å². The Balaban J connectivity index is 1.76. The fraction of sp³-hybridized carbons (Fsp3) is 0.375. The first-order valence-electron chi connectivity index (χ1n) is 7.11. The van der Waals surface area contributed by atoms with Crippen molar-refractivity contribution in [3.8, 4) is 0 Å². The van der Waals surface area contributed by atoms with Gasteiger partial charge in [-0.25, -0.2) is 0 Å². The van der Waals surface area contributed by atoms with E-state index in [1.807, 2.05) is 42.2 Å². The third-order valence-corrected chi connectivity index (χ3v) is 4.22. The Morgan fingerprint density at radius 1 is 1.48 bits per heavy atom. The lowest BCUT2D eigenvalue weighted by Crippen LogP contribution is -2.31. The zero-order valence-electron chi connectivity index (χ0n) is 11.9. The van der Waals surface area contributed by atoms with Crippen LogP contribution >= 0.6 is 11.6 Å². The molecular weight excluding hydrogens is 288 g/mol. The van der Waals surface area contributed by atoms with Crippen LogP contribution in [0.2, 0.25) is 5.02 Å². The molecule has 0 saturated carbocycles. The van der Waals surface area contributed by atoms with E-state index in [-0.39, 0.29) is 11.9 Å². The highest BCUT2D eigenvalue weighted by molar-refractivity contribution is 6.31. The molecule has 1 saturated heterocycles. The van der Waals surface area contributed by atoms with Gasteiger partial charge in [-0.3, -0.25) is 4.79 Å². The number of benzene rings is 1. The Bertz CT molecular complexity index is 653. The molecule has 1 fully saturated rings. The van der Waals surface area contributed by atoms with E-state index in [2.05, 4.69) is 5.16 Å². The van der Waals surface area contributed by atoms with Gasteiger partial charge in [0.15, 0.2) is 5.76 Å². The molecule has 0 N–H and O–H groups in total. The van der Waals surface area contributed by atoms with E-state index in [0.29, 0.717) is 11.4 Å². The molecule has 1 aromatic heterocycles. The predicted octanol–water partition coefficient (Wildman–Crippen LogP) is 3.54. The number of hydrogen-bond donors (Lipinski definition) is 0. The van der Waals surface area contributed by atoms with Crippen molar-refractivity contribution in [2.75, 3.05) is 6.54 Å². The number of nitrogens with zero attached hydrogens (tertiary/aromatic N) is 2. The van der Waals surface area contributed by atoms with Crippen molar-refractivity contribution in [3.05, 3.63) is 52.4 Å². The summed E-state index contributed by atoms with van der Waals surface area (Å²) in [7, 11) is 0. The van der Waals surface area contributed by atoms with Gasteiger partial charge in [-0.15, -0.1) is 0 Å². The van der Waals surface area contributed by atoms with E-state index in [0.717, 1.165) is 36.4 Å². The number of carbonyl (C=O) groups excluding carboxylic acids is 1. The molecule has 4 nitrogen and oxygen atoms in total. The van der Waals surface area contributed by atoms with Crippen LogP contribution in [0, 0.1) is 6.92 Å². The maximum atomic E-state index is 12.6. The van der Waals surface area contributed by atoms with Gasteiger partial charge in [-0.2, -0.15) is 0 Å². The van der Waals surface area contributed by atoms with Crippen molar-refractivity contribution in [2.45, 2.75) is 32.2 Å². The average molecular weight is 305 g/mol. The summed E-state index contributed by atoms with van der Waals surface area (Å²) in [6, 6.07) is 9.38. The van der Waals surface area contributed by atoms with Crippen molar-refractivity contribution >= 4 is 17.5 Å². The summed E-state index contributed by atoms with van der Waals surface area (Å²) in [6.07, 6.45) is 2.23. The van der Waals surface area contributed by atoms with Gasteiger partial charge in [0.2, 0.25) is 5.91 Å². The molecule has 3 rings (SSSR count). The van der Waals surface area contributed by atoms with Gasteiger partial charge in [0.1, 0.15) is 0 Å². The molecule has 110 valence electrons. The highest BCUT2D eigenvalue weighted by Crippen LogP contribution is 2.33. The zero-order chi connectivity index (χ0) is 14.8. The van der Waals surface area contributed by atoms with Crippen molar-refractivity contribution in [3.63, 3.8) is 0 Å². The Labute approximate surface area is 128 Å². The summed E-state index contributed by atoms with van der Waals surface area (Å²) in [4.78, 5) is 14.4. The first kappa shape index (κ1) is 14.1. The third kappa shape index (κ3) is 2.95. The predicted molar refractivity (Wildman–Crippen MR) is 80.1 cm³/mol. The molecule has 1 aromatic carbocycles. The number of amides is 1. The molecule has 0 aliphatic carbocycles. The highest BCUT2D eigenvalue weighted by Gasteiger charge is 2.32. The zero-order valence-corrected chi connectivity index (χ0v) is 12.6. The van der Waals surface area contributed by atoms with E-state index in [1.165, 1.54) is 0 Å². The number of carbonyl (C=O) groups is 1. The smallest absolute Gasteiger partial charge is 0.227 e. The van der Waals surface area contributed by atoms with Gasteiger partial charge in [0.25, 0.3) is 0 Å².